The fourth-order valence-electron chi connectivity index (χ4n) is 1.48. The molecule has 0 fully saturated rings. The average molecular weight is 216 g/mol. The van der Waals surface area contributed by atoms with Crippen LogP contribution in [-0.2, 0) is 6.54 Å². The molecule has 0 aliphatic heterocycles. The molecule has 2 rings (SSSR count). The molecule has 0 aliphatic carbocycles. The first-order chi connectivity index (χ1) is 7.70. The number of hydrogen-bond acceptors (Lipinski definition) is 3. The number of carbonyl (C=O) groups excluding carboxylic acids is 1. The molecule has 1 aromatic heterocycles. The lowest BCUT2D eigenvalue weighted by molar-refractivity contribution is 0.0974. The van der Waals surface area contributed by atoms with Gasteiger partial charge in [0.15, 0.2) is 5.76 Å². The normalized spacial score (nSPS) is 10.3. The third kappa shape index (κ3) is 1.97. The SMILES string of the molecule is NCc1cccc(-c2ccc(C(N)=O)o2)c1. The predicted molar refractivity (Wildman–Crippen MR) is 60.6 cm³/mol. The van der Waals surface area contributed by atoms with Crippen LogP contribution in [0.5, 0.6) is 0 Å². The van der Waals surface area contributed by atoms with Gasteiger partial charge in [0.25, 0.3) is 5.91 Å². The summed E-state index contributed by atoms with van der Waals surface area (Å²) in [5.74, 6) is 0.207. The summed E-state index contributed by atoms with van der Waals surface area (Å²) in [6.45, 7) is 0.469. The van der Waals surface area contributed by atoms with Crippen molar-refractivity contribution in [3.63, 3.8) is 0 Å². The fourth-order valence-corrected chi connectivity index (χ4v) is 1.48. The highest BCUT2D eigenvalue weighted by molar-refractivity contribution is 5.90. The van der Waals surface area contributed by atoms with Crippen molar-refractivity contribution in [3.05, 3.63) is 47.7 Å². The van der Waals surface area contributed by atoms with Gasteiger partial charge in [-0.25, -0.2) is 0 Å². The van der Waals surface area contributed by atoms with E-state index in [1.54, 1.807) is 12.1 Å². The standard InChI is InChI=1S/C12H12N2O2/c13-7-8-2-1-3-9(6-8)10-4-5-11(16-10)12(14)15/h1-6H,7,13H2,(H2,14,15). The molecule has 0 spiro atoms. The lowest BCUT2D eigenvalue weighted by Crippen LogP contribution is -2.09. The summed E-state index contributed by atoms with van der Waals surface area (Å²) in [6.07, 6.45) is 0. The Morgan fingerprint density at radius 3 is 2.69 bits per heavy atom. The van der Waals surface area contributed by atoms with Gasteiger partial charge < -0.3 is 15.9 Å². The summed E-state index contributed by atoms with van der Waals surface area (Å²) in [5, 5.41) is 0. The number of hydrogen-bond donors (Lipinski definition) is 2. The zero-order valence-corrected chi connectivity index (χ0v) is 8.64. The van der Waals surface area contributed by atoms with E-state index >= 15 is 0 Å². The maximum atomic E-state index is 10.9. The van der Waals surface area contributed by atoms with Gasteiger partial charge in [-0.2, -0.15) is 0 Å². The van der Waals surface area contributed by atoms with Gasteiger partial charge in [0.1, 0.15) is 5.76 Å². The Kier molecular flexibility index (Phi) is 2.74. The van der Waals surface area contributed by atoms with E-state index in [1.807, 2.05) is 24.3 Å². The van der Waals surface area contributed by atoms with E-state index in [2.05, 4.69) is 0 Å². The molecule has 4 N–H and O–H groups in total. The highest BCUT2D eigenvalue weighted by Gasteiger charge is 2.08. The summed E-state index contributed by atoms with van der Waals surface area (Å²) in [4.78, 5) is 10.9. The van der Waals surface area contributed by atoms with E-state index in [0.717, 1.165) is 11.1 Å². The summed E-state index contributed by atoms with van der Waals surface area (Å²) in [7, 11) is 0. The maximum absolute atomic E-state index is 10.9. The molecular weight excluding hydrogens is 204 g/mol. The second kappa shape index (κ2) is 4.20. The van der Waals surface area contributed by atoms with Crippen molar-refractivity contribution in [1.82, 2.24) is 0 Å². The Labute approximate surface area is 92.9 Å². The first-order valence-corrected chi connectivity index (χ1v) is 4.89. The molecule has 82 valence electrons. The molecule has 0 saturated heterocycles. The molecule has 0 saturated carbocycles. The van der Waals surface area contributed by atoms with Crippen LogP contribution in [0.3, 0.4) is 0 Å². The molecule has 1 amide bonds. The van der Waals surface area contributed by atoms with Crippen LogP contribution in [0.2, 0.25) is 0 Å². The summed E-state index contributed by atoms with van der Waals surface area (Å²) in [5.41, 5.74) is 12.5. The van der Waals surface area contributed by atoms with Gasteiger partial charge in [-0.15, -0.1) is 0 Å². The zero-order chi connectivity index (χ0) is 11.5. The molecule has 16 heavy (non-hydrogen) atoms. The Bertz CT molecular complexity index is 517. The van der Waals surface area contributed by atoms with Crippen molar-refractivity contribution in [2.45, 2.75) is 6.54 Å². The molecular formula is C12H12N2O2. The molecule has 0 unspecified atom stereocenters. The van der Waals surface area contributed by atoms with Crippen LogP contribution in [0.25, 0.3) is 11.3 Å². The predicted octanol–water partition coefficient (Wildman–Crippen LogP) is 1.50. The highest BCUT2D eigenvalue weighted by Crippen LogP contribution is 2.22. The van der Waals surface area contributed by atoms with Crippen molar-refractivity contribution in [2.75, 3.05) is 0 Å². The van der Waals surface area contributed by atoms with Crippen molar-refractivity contribution < 1.29 is 9.21 Å². The Hall–Kier alpha value is -2.07. The summed E-state index contributed by atoms with van der Waals surface area (Å²) < 4.78 is 5.32. The van der Waals surface area contributed by atoms with Gasteiger partial charge in [-0.1, -0.05) is 18.2 Å². The lowest BCUT2D eigenvalue weighted by Gasteiger charge is -2.00. The molecule has 0 bridgehead atoms. The molecule has 0 radical (unpaired) electrons. The second-order valence-corrected chi connectivity index (χ2v) is 3.43. The number of primary amides is 1. The third-order valence-corrected chi connectivity index (χ3v) is 2.30. The third-order valence-electron chi connectivity index (χ3n) is 2.30. The van der Waals surface area contributed by atoms with Gasteiger partial charge in [-0.3, -0.25) is 4.79 Å². The average Bonchev–Trinajstić information content (AvgIpc) is 2.78. The van der Waals surface area contributed by atoms with Crippen LogP contribution in [0, 0.1) is 0 Å². The minimum absolute atomic E-state index is 0.160. The summed E-state index contributed by atoms with van der Waals surface area (Å²) in [6, 6.07) is 10.9. The number of benzene rings is 1. The van der Waals surface area contributed by atoms with E-state index in [9.17, 15) is 4.79 Å². The Morgan fingerprint density at radius 1 is 1.25 bits per heavy atom. The van der Waals surface area contributed by atoms with E-state index in [4.69, 9.17) is 15.9 Å². The number of rotatable bonds is 3. The number of furan rings is 1. The van der Waals surface area contributed by atoms with Crippen LogP contribution in [0.15, 0.2) is 40.8 Å². The van der Waals surface area contributed by atoms with Gasteiger partial charge in [0.05, 0.1) is 0 Å². The number of nitrogens with two attached hydrogens (primary N) is 2. The number of amides is 1. The molecule has 2 aromatic rings. The van der Waals surface area contributed by atoms with E-state index in [0.29, 0.717) is 12.3 Å². The molecule has 0 aliphatic rings. The van der Waals surface area contributed by atoms with Crippen LogP contribution >= 0.6 is 0 Å². The number of carbonyl (C=O) groups is 1. The fraction of sp³-hybridized carbons (Fsp3) is 0.0833. The van der Waals surface area contributed by atoms with E-state index < -0.39 is 5.91 Å². The molecule has 0 atom stereocenters. The van der Waals surface area contributed by atoms with Crippen LogP contribution in [-0.4, -0.2) is 5.91 Å². The van der Waals surface area contributed by atoms with Crippen molar-refractivity contribution in [1.29, 1.82) is 0 Å². The van der Waals surface area contributed by atoms with Gasteiger partial charge in [0.2, 0.25) is 0 Å². The Balaban J connectivity index is 2.38. The molecule has 4 heteroatoms. The van der Waals surface area contributed by atoms with Crippen molar-refractivity contribution in [3.8, 4) is 11.3 Å². The second-order valence-electron chi connectivity index (χ2n) is 3.43. The lowest BCUT2D eigenvalue weighted by atomic mass is 10.1. The molecule has 1 heterocycles. The smallest absolute Gasteiger partial charge is 0.284 e. The minimum Gasteiger partial charge on any atom is -0.451 e. The topological polar surface area (TPSA) is 82.2 Å². The minimum atomic E-state index is -0.568. The van der Waals surface area contributed by atoms with Gasteiger partial charge in [0, 0.05) is 12.1 Å². The van der Waals surface area contributed by atoms with Crippen LogP contribution < -0.4 is 11.5 Å². The van der Waals surface area contributed by atoms with Crippen molar-refractivity contribution in [2.24, 2.45) is 11.5 Å². The van der Waals surface area contributed by atoms with E-state index in [1.165, 1.54) is 0 Å². The quantitative estimate of drug-likeness (QED) is 0.815. The van der Waals surface area contributed by atoms with Crippen LogP contribution in [0.1, 0.15) is 16.1 Å². The first-order valence-electron chi connectivity index (χ1n) is 4.89. The van der Waals surface area contributed by atoms with Gasteiger partial charge in [-0.05, 0) is 23.8 Å². The van der Waals surface area contributed by atoms with Crippen molar-refractivity contribution >= 4 is 5.91 Å². The summed E-state index contributed by atoms with van der Waals surface area (Å²) >= 11 is 0. The first kappa shape index (κ1) is 10.4. The maximum Gasteiger partial charge on any atom is 0.284 e. The van der Waals surface area contributed by atoms with Crippen LogP contribution in [0.4, 0.5) is 0 Å². The van der Waals surface area contributed by atoms with Gasteiger partial charge >= 0.3 is 0 Å². The Morgan fingerprint density at radius 2 is 2.06 bits per heavy atom. The molecule has 4 nitrogen and oxygen atoms in total. The highest BCUT2D eigenvalue weighted by atomic mass is 16.3. The van der Waals surface area contributed by atoms with E-state index in [-0.39, 0.29) is 5.76 Å². The largest absolute Gasteiger partial charge is 0.451 e. The monoisotopic (exact) mass is 216 g/mol. The molecule has 1 aromatic carbocycles. The zero-order valence-electron chi connectivity index (χ0n) is 8.64.